The number of para-hydroxylation sites is 1. The molecule has 3 aromatic carbocycles. The molecule has 168 valence electrons. The molecule has 0 bridgehead atoms. The number of nitriles is 1. The zero-order chi connectivity index (χ0) is 23.9. The summed E-state index contributed by atoms with van der Waals surface area (Å²) in [6, 6.07) is 29.5. The van der Waals surface area contributed by atoms with Crippen molar-refractivity contribution >= 4 is 12.0 Å². The van der Waals surface area contributed by atoms with Crippen LogP contribution in [0.15, 0.2) is 96.7 Å². The molecule has 0 fully saturated rings. The summed E-state index contributed by atoms with van der Waals surface area (Å²) >= 11 is 0. The van der Waals surface area contributed by atoms with Gasteiger partial charge >= 0.3 is 0 Å². The lowest BCUT2D eigenvalue weighted by atomic mass is 10.0. The van der Waals surface area contributed by atoms with E-state index in [1.807, 2.05) is 85.9 Å². The highest BCUT2D eigenvalue weighted by Gasteiger charge is 2.17. The van der Waals surface area contributed by atoms with Gasteiger partial charge in [0.2, 0.25) is 0 Å². The Labute approximate surface area is 200 Å². The highest BCUT2D eigenvalue weighted by molar-refractivity contribution is 6.02. The Morgan fingerprint density at radius 3 is 2.29 bits per heavy atom. The van der Waals surface area contributed by atoms with E-state index in [4.69, 9.17) is 5.10 Å². The van der Waals surface area contributed by atoms with Crippen molar-refractivity contribution in [2.45, 2.75) is 26.3 Å². The second kappa shape index (κ2) is 10.5. The minimum Gasteiger partial charge on any atom is -0.345 e. The summed E-state index contributed by atoms with van der Waals surface area (Å²) in [6.07, 6.45) is 4.41. The number of carbonyl (C=O) groups is 1. The Morgan fingerprint density at radius 1 is 1.03 bits per heavy atom. The van der Waals surface area contributed by atoms with Crippen molar-refractivity contribution in [3.8, 4) is 23.0 Å². The first kappa shape index (κ1) is 22.8. The topological polar surface area (TPSA) is 70.7 Å². The molecule has 0 aliphatic heterocycles. The van der Waals surface area contributed by atoms with Crippen LogP contribution in [0.25, 0.3) is 23.0 Å². The number of amides is 1. The first-order valence-electron chi connectivity index (χ1n) is 11.3. The van der Waals surface area contributed by atoms with E-state index in [-0.39, 0.29) is 11.6 Å². The molecule has 0 saturated carbocycles. The third-order valence-corrected chi connectivity index (χ3v) is 5.71. The molecular weight excluding hydrogens is 420 g/mol. The van der Waals surface area contributed by atoms with Crippen LogP contribution in [-0.4, -0.2) is 15.7 Å². The molecule has 0 spiro atoms. The number of hydrogen-bond acceptors (Lipinski definition) is 3. The van der Waals surface area contributed by atoms with Crippen LogP contribution in [0.4, 0.5) is 0 Å². The van der Waals surface area contributed by atoms with Crippen LogP contribution < -0.4 is 5.32 Å². The van der Waals surface area contributed by atoms with E-state index >= 15 is 0 Å². The van der Waals surface area contributed by atoms with E-state index < -0.39 is 5.91 Å². The molecular formula is C29H26N4O. The SMILES string of the molecule is CCc1ccc([C@@H](C)NC(=O)/C(C#N)=C\c2cn(-c3ccccc3)nc2-c2ccccc2)cc1. The van der Waals surface area contributed by atoms with E-state index in [1.54, 1.807) is 10.8 Å². The predicted octanol–water partition coefficient (Wildman–Crippen LogP) is 5.89. The van der Waals surface area contributed by atoms with E-state index in [0.29, 0.717) is 11.3 Å². The number of nitrogens with one attached hydrogen (secondary N) is 1. The molecule has 0 aliphatic carbocycles. The van der Waals surface area contributed by atoms with Gasteiger partial charge in [0.1, 0.15) is 11.6 Å². The second-order valence-electron chi connectivity index (χ2n) is 8.04. The molecule has 4 rings (SSSR count). The number of nitrogens with zero attached hydrogens (tertiary/aromatic N) is 3. The summed E-state index contributed by atoms with van der Waals surface area (Å²) in [5.74, 6) is -0.416. The van der Waals surface area contributed by atoms with Gasteiger partial charge in [-0.15, -0.1) is 0 Å². The van der Waals surface area contributed by atoms with Crippen LogP contribution in [0.5, 0.6) is 0 Å². The molecule has 1 atom stereocenters. The first-order valence-corrected chi connectivity index (χ1v) is 11.3. The highest BCUT2D eigenvalue weighted by Crippen LogP contribution is 2.26. The Bertz CT molecular complexity index is 1330. The summed E-state index contributed by atoms with van der Waals surface area (Å²) in [7, 11) is 0. The standard InChI is InChI=1S/C29H26N4O/c1-3-22-14-16-23(17-15-22)21(2)31-29(34)25(19-30)18-26-20-33(27-12-8-5-9-13-27)32-28(26)24-10-6-4-7-11-24/h4-18,20-21H,3H2,1-2H3,(H,31,34)/b25-18-/t21-/m1/s1. The fourth-order valence-electron chi connectivity index (χ4n) is 3.73. The molecule has 1 amide bonds. The summed E-state index contributed by atoms with van der Waals surface area (Å²) < 4.78 is 1.76. The molecule has 4 aromatic rings. The fraction of sp³-hybridized carbons (Fsp3) is 0.138. The van der Waals surface area contributed by atoms with E-state index in [2.05, 4.69) is 30.4 Å². The molecule has 0 aliphatic rings. The molecule has 34 heavy (non-hydrogen) atoms. The molecule has 5 nitrogen and oxygen atoms in total. The summed E-state index contributed by atoms with van der Waals surface area (Å²) in [4.78, 5) is 13.0. The Balaban J connectivity index is 1.65. The van der Waals surface area contributed by atoms with E-state index in [1.165, 1.54) is 5.56 Å². The third-order valence-electron chi connectivity index (χ3n) is 5.71. The average Bonchev–Trinajstić information content (AvgIpc) is 3.32. The number of benzene rings is 3. The van der Waals surface area contributed by atoms with Gasteiger partial charge in [-0.2, -0.15) is 10.4 Å². The maximum Gasteiger partial charge on any atom is 0.262 e. The lowest BCUT2D eigenvalue weighted by molar-refractivity contribution is -0.117. The van der Waals surface area contributed by atoms with Crippen molar-refractivity contribution in [1.82, 2.24) is 15.1 Å². The van der Waals surface area contributed by atoms with Gasteiger partial charge < -0.3 is 5.32 Å². The van der Waals surface area contributed by atoms with Crippen molar-refractivity contribution in [1.29, 1.82) is 5.26 Å². The van der Waals surface area contributed by atoms with E-state index in [9.17, 15) is 10.1 Å². The van der Waals surface area contributed by atoms with Gasteiger partial charge in [-0.3, -0.25) is 4.79 Å². The summed E-state index contributed by atoms with van der Waals surface area (Å²) in [6.45, 7) is 4.02. The molecule has 5 heteroatoms. The van der Waals surface area contributed by atoms with Gasteiger partial charge in [-0.1, -0.05) is 79.7 Å². The number of rotatable bonds is 7. The lowest BCUT2D eigenvalue weighted by Crippen LogP contribution is -2.27. The summed E-state index contributed by atoms with van der Waals surface area (Å²) in [5, 5.41) is 17.5. The number of aryl methyl sites for hydroxylation is 1. The number of carbonyl (C=O) groups excluding carboxylic acids is 1. The van der Waals surface area contributed by atoms with E-state index in [0.717, 1.165) is 23.2 Å². The highest BCUT2D eigenvalue weighted by atomic mass is 16.1. The molecule has 0 radical (unpaired) electrons. The van der Waals surface area contributed by atoms with Crippen molar-refractivity contribution in [3.05, 3.63) is 113 Å². The average molecular weight is 447 g/mol. The van der Waals surface area contributed by atoms with Crippen LogP contribution >= 0.6 is 0 Å². The van der Waals surface area contributed by atoms with Crippen molar-refractivity contribution in [2.24, 2.45) is 0 Å². The van der Waals surface area contributed by atoms with Crippen LogP contribution in [0.2, 0.25) is 0 Å². The predicted molar refractivity (Wildman–Crippen MR) is 135 cm³/mol. The Morgan fingerprint density at radius 2 is 1.68 bits per heavy atom. The van der Waals surface area contributed by atoms with Crippen LogP contribution in [-0.2, 0) is 11.2 Å². The monoisotopic (exact) mass is 446 g/mol. The fourth-order valence-corrected chi connectivity index (χ4v) is 3.73. The molecule has 0 saturated heterocycles. The maximum atomic E-state index is 13.0. The quantitative estimate of drug-likeness (QED) is 0.284. The van der Waals surface area contributed by atoms with Crippen LogP contribution in [0, 0.1) is 11.3 Å². The lowest BCUT2D eigenvalue weighted by Gasteiger charge is -2.14. The summed E-state index contributed by atoms with van der Waals surface area (Å²) in [5.41, 5.74) is 5.46. The minimum atomic E-state index is -0.416. The first-order chi connectivity index (χ1) is 16.6. The normalized spacial score (nSPS) is 12.1. The zero-order valence-electron chi connectivity index (χ0n) is 19.3. The molecule has 1 heterocycles. The Kier molecular flexibility index (Phi) is 7.00. The van der Waals surface area contributed by atoms with Gasteiger partial charge in [0.15, 0.2) is 0 Å². The second-order valence-corrected chi connectivity index (χ2v) is 8.04. The molecule has 1 aromatic heterocycles. The molecule has 1 N–H and O–H groups in total. The maximum absolute atomic E-state index is 13.0. The van der Waals surface area contributed by atoms with Crippen molar-refractivity contribution in [3.63, 3.8) is 0 Å². The van der Waals surface area contributed by atoms with Gasteiger partial charge in [0, 0.05) is 17.3 Å². The number of aromatic nitrogens is 2. The molecule has 0 unspecified atom stereocenters. The van der Waals surface area contributed by atoms with Gasteiger partial charge in [-0.05, 0) is 42.7 Å². The smallest absolute Gasteiger partial charge is 0.262 e. The van der Waals surface area contributed by atoms with Gasteiger partial charge in [-0.25, -0.2) is 4.68 Å². The Hall–Kier alpha value is -4.43. The number of hydrogen-bond donors (Lipinski definition) is 1. The third kappa shape index (κ3) is 5.13. The van der Waals surface area contributed by atoms with Gasteiger partial charge in [0.25, 0.3) is 5.91 Å². The minimum absolute atomic E-state index is 0.0295. The van der Waals surface area contributed by atoms with Crippen LogP contribution in [0.1, 0.15) is 36.6 Å². The zero-order valence-corrected chi connectivity index (χ0v) is 19.3. The van der Waals surface area contributed by atoms with Crippen molar-refractivity contribution < 1.29 is 4.79 Å². The van der Waals surface area contributed by atoms with Gasteiger partial charge in [0.05, 0.1) is 17.4 Å². The van der Waals surface area contributed by atoms with Crippen molar-refractivity contribution in [2.75, 3.05) is 0 Å². The largest absolute Gasteiger partial charge is 0.345 e. The van der Waals surface area contributed by atoms with Crippen LogP contribution in [0.3, 0.4) is 0 Å².